The van der Waals surface area contributed by atoms with Gasteiger partial charge in [0, 0.05) is 12.1 Å². The van der Waals surface area contributed by atoms with E-state index in [-0.39, 0.29) is 0 Å². The molecule has 0 saturated carbocycles. The van der Waals surface area contributed by atoms with Crippen LogP contribution in [0.25, 0.3) is 0 Å². The van der Waals surface area contributed by atoms with Crippen molar-refractivity contribution in [2.75, 3.05) is 17.3 Å². The van der Waals surface area contributed by atoms with Gasteiger partial charge in [-0.1, -0.05) is 0 Å². The normalized spacial score (nSPS) is 12.5. The number of nitrogens with one attached hydrogen (secondary N) is 1. The van der Waals surface area contributed by atoms with Gasteiger partial charge < -0.3 is 5.32 Å². The van der Waals surface area contributed by atoms with Gasteiger partial charge in [0.1, 0.15) is 16.2 Å². The lowest BCUT2D eigenvalue weighted by molar-refractivity contribution is 0.764. The van der Waals surface area contributed by atoms with E-state index in [0.29, 0.717) is 6.04 Å². The molecule has 1 N–H and O–H groups in total. The number of anilines is 1. The fourth-order valence-electron chi connectivity index (χ4n) is 1.22. The summed E-state index contributed by atoms with van der Waals surface area (Å²) in [6.45, 7) is 4.06. The molecule has 5 heteroatoms. The van der Waals surface area contributed by atoms with E-state index in [1.54, 1.807) is 0 Å². The second kappa shape index (κ2) is 6.33. The molecule has 0 radical (unpaired) electrons. The summed E-state index contributed by atoms with van der Waals surface area (Å²) >= 11 is 5.23. The molecule has 0 amide bonds. The first-order valence-electron chi connectivity index (χ1n) is 4.88. The molecule has 1 rings (SSSR count). The molecule has 1 aromatic heterocycles. The lowest BCUT2D eigenvalue weighted by Crippen LogP contribution is -2.17. The number of aryl methyl sites for hydroxylation is 1. The summed E-state index contributed by atoms with van der Waals surface area (Å²) in [4.78, 5) is 8.49. The van der Waals surface area contributed by atoms with Gasteiger partial charge >= 0.3 is 0 Å². The first kappa shape index (κ1) is 12.8. The van der Waals surface area contributed by atoms with Crippen LogP contribution in [0.1, 0.15) is 19.2 Å². The molecule has 3 nitrogen and oxygen atoms in total. The van der Waals surface area contributed by atoms with Gasteiger partial charge in [0.15, 0.2) is 0 Å². The zero-order valence-corrected chi connectivity index (χ0v) is 11.7. The maximum absolute atomic E-state index is 4.32. The molecule has 1 heterocycles. The second-order valence-electron chi connectivity index (χ2n) is 3.45. The number of aromatic nitrogens is 2. The van der Waals surface area contributed by atoms with Crippen LogP contribution in [0.3, 0.4) is 0 Å². The molecule has 0 saturated heterocycles. The predicted octanol–water partition coefficient (Wildman–Crippen LogP) is 3.10. The van der Waals surface area contributed by atoms with Crippen molar-refractivity contribution < 1.29 is 0 Å². The molecule has 15 heavy (non-hydrogen) atoms. The monoisotopic (exact) mass is 289 g/mol. The molecule has 1 aromatic rings. The minimum absolute atomic E-state index is 0.443. The van der Waals surface area contributed by atoms with Crippen molar-refractivity contribution >= 4 is 33.5 Å². The molecule has 0 spiro atoms. The van der Waals surface area contributed by atoms with E-state index in [2.05, 4.69) is 44.4 Å². The fourth-order valence-corrected chi connectivity index (χ4v) is 2.29. The van der Waals surface area contributed by atoms with E-state index in [1.165, 1.54) is 5.75 Å². The second-order valence-corrected chi connectivity index (χ2v) is 5.25. The van der Waals surface area contributed by atoms with E-state index < -0.39 is 0 Å². The molecule has 0 aromatic carbocycles. The third-order valence-electron chi connectivity index (χ3n) is 1.96. The third kappa shape index (κ3) is 4.84. The van der Waals surface area contributed by atoms with Crippen molar-refractivity contribution in [1.82, 2.24) is 9.97 Å². The molecular formula is C10H16BrN3S. The highest BCUT2D eigenvalue weighted by atomic mass is 79.9. The Hall–Kier alpha value is -0.290. The summed E-state index contributed by atoms with van der Waals surface area (Å²) in [6, 6.07) is 2.35. The summed E-state index contributed by atoms with van der Waals surface area (Å²) < 4.78 is 0.828. The molecule has 0 aliphatic heterocycles. The number of rotatable bonds is 5. The Labute approximate surface area is 104 Å². The van der Waals surface area contributed by atoms with Gasteiger partial charge in [-0.05, 0) is 48.2 Å². The predicted molar refractivity (Wildman–Crippen MR) is 70.6 cm³/mol. The molecular weight excluding hydrogens is 274 g/mol. The van der Waals surface area contributed by atoms with Gasteiger partial charge in [0.2, 0.25) is 0 Å². The Morgan fingerprint density at radius 3 is 2.87 bits per heavy atom. The average Bonchev–Trinajstić information content (AvgIpc) is 2.13. The molecule has 0 aliphatic rings. The molecule has 0 fully saturated rings. The maximum Gasteiger partial charge on any atom is 0.131 e. The summed E-state index contributed by atoms with van der Waals surface area (Å²) in [7, 11) is 0. The largest absolute Gasteiger partial charge is 0.367 e. The van der Waals surface area contributed by atoms with Crippen LogP contribution in [0, 0.1) is 6.92 Å². The van der Waals surface area contributed by atoms with Crippen LogP contribution in [0.2, 0.25) is 0 Å². The van der Waals surface area contributed by atoms with Crippen molar-refractivity contribution in [3.63, 3.8) is 0 Å². The lowest BCUT2D eigenvalue weighted by atomic mass is 10.2. The lowest BCUT2D eigenvalue weighted by Gasteiger charge is -2.14. The van der Waals surface area contributed by atoms with Crippen LogP contribution in [0.4, 0.5) is 5.82 Å². The summed E-state index contributed by atoms with van der Waals surface area (Å²) in [5.74, 6) is 2.84. The van der Waals surface area contributed by atoms with Crippen LogP contribution in [-0.4, -0.2) is 28.0 Å². The van der Waals surface area contributed by atoms with Gasteiger partial charge in [-0.15, -0.1) is 0 Å². The fraction of sp³-hybridized carbons (Fsp3) is 0.600. The van der Waals surface area contributed by atoms with E-state index in [9.17, 15) is 0 Å². The number of hydrogen-bond donors (Lipinski definition) is 1. The third-order valence-corrected chi connectivity index (χ3v) is 3.01. The molecule has 1 unspecified atom stereocenters. The van der Waals surface area contributed by atoms with Crippen molar-refractivity contribution in [1.29, 1.82) is 0 Å². The van der Waals surface area contributed by atoms with Crippen LogP contribution in [0.15, 0.2) is 10.7 Å². The molecule has 84 valence electrons. The summed E-state index contributed by atoms with van der Waals surface area (Å²) in [6.07, 6.45) is 3.26. The minimum Gasteiger partial charge on any atom is -0.367 e. The van der Waals surface area contributed by atoms with Crippen molar-refractivity contribution in [2.45, 2.75) is 26.3 Å². The van der Waals surface area contributed by atoms with Crippen LogP contribution < -0.4 is 5.32 Å². The standard InChI is InChI=1S/C10H16BrN3S/c1-7(4-5-15-3)12-10-6-9(11)13-8(2)14-10/h6-7H,4-5H2,1-3H3,(H,12,13,14). The van der Waals surface area contributed by atoms with Gasteiger partial charge in [-0.3, -0.25) is 0 Å². The summed E-state index contributed by atoms with van der Waals surface area (Å²) in [5.41, 5.74) is 0. The Bertz CT molecular complexity index is 299. The SMILES string of the molecule is CSCCC(C)Nc1cc(Br)nc(C)n1. The van der Waals surface area contributed by atoms with E-state index in [1.807, 2.05) is 24.8 Å². The van der Waals surface area contributed by atoms with E-state index in [0.717, 1.165) is 22.7 Å². The molecule has 1 atom stereocenters. The van der Waals surface area contributed by atoms with Crippen LogP contribution in [0.5, 0.6) is 0 Å². The zero-order valence-electron chi connectivity index (χ0n) is 9.25. The number of halogens is 1. The highest BCUT2D eigenvalue weighted by Gasteiger charge is 2.04. The van der Waals surface area contributed by atoms with Gasteiger partial charge in [0.05, 0.1) is 0 Å². The van der Waals surface area contributed by atoms with Crippen LogP contribution in [-0.2, 0) is 0 Å². The first-order valence-corrected chi connectivity index (χ1v) is 7.07. The van der Waals surface area contributed by atoms with Gasteiger partial charge in [-0.2, -0.15) is 11.8 Å². The Morgan fingerprint density at radius 1 is 1.53 bits per heavy atom. The topological polar surface area (TPSA) is 37.8 Å². The Balaban J connectivity index is 2.56. The van der Waals surface area contributed by atoms with Gasteiger partial charge in [-0.25, -0.2) is 9.97 Å². The van der Waals surface area contributed by atoms with E-state index in [4.69, 9.17) is 0 Å². The quantitative estimate of drug-likeness (QED) is 0.846. The number of hydrogen-bond acceptors (Lipinski definition) is 4. The van der Waals surface area contributed by atoms with Gasteiger partial charge in [0.25, 0.3) is 0 Å². The maximum atomic E-state index is 4.32. The highest BCUT2D eigenvalue weighted by Crippen LogP contribution is 2.14. The zero-order chi connectivity index (χ0) is 11.3. The average molecular weight is 290 g/mol. The smallest absolute Gasteiger partial charge is 0.131 e. The Kier molecular flexibility index (Phi) is 5.39. The number of nitrogens with zero attached hydrogens (tertiary/aromatic N) is 2. The van der Waals surface area contributed by atoms with Crippen LogP contribution >= 0.6 is 27.7 Å². The summed E-state index contributed by atoms with van der Waals surface area (Å²) in [5, 5.41) is 3.36. The number of thioether (sulfide) groups is 1. The Morgan fingerprint density at radius 2 is 2.27 bits per heavy atom. The highest BCUT2D eigenvalue weighted by molar-refractivity contribution is 9.10. The van der Waals surface area contributed by atoms with Crippen molar-refractivity contribution in [3.05, 3.63) is 16.5 Å². The molecule has 0 aliphatic carbocycles. The molecule has 0 bridgehead atoms. The minimum atomic E-state index is 0.443. The van der Waals surface area contributed by atoms with Crippen molar-refractivity contribution in [2.24, 2.45) is 0 Å². The van der Waals surface area contributed by atoms with Crippen molar-refractivity contribution in [3.8, 4) is 0 Å². The van der Waals surface area contributed by atoms with E-state index >= 15 is 0 Å². The first-order chi connectivity index (χ1) is 7.11.